The van der Waals surface area contributed by atoms with E-state index in [4.69, 9.17) is 18.9 Å². The Morgan fingerprint density at radius 1 is 0.574 bits per heavy atom. The molecule has 61 heavy (non-hydrogen) atoms. The lowest BCUT2D eigenvalue weighted by atomic mass is 9.72. The summed E-state index contributed by atoms with van der Waals surface area (Å²) in [5, 5.41) is 4.95. The Labute approximate surface area is 378 Å². The highest BCUT2D eigenvalue weighted by Gasteiger charge is 2.35. The van der Waals surface area contributed by atoms with Crippen LogP contribution in [-0.2, 0) is 32.2 Å². The molecule has 0 radical (unpaired) electrons. The Kier molecular flexibility index (Phi) is 14.6. The Balaban J connectivity index is 0.000000184. The van der Waals surface area contributed by atoms with Crippen molar-refractivity contribution >= 4 is 56.1 Å². The summed E-state index contributed by atoms with van der Waals surface area (Å²) in [7, 11) is 2.92. The number of nitrogens with zero attached hydrogens (tertiary/aromatic N) is 2. The Bertz CT molecular complexity index is 2130. The molecule has 2 saturated carbocycles. The fraction of sp³-hybridized carbons (Fsp3) is 0.577. The first kappa shape index (κ1) is 45.6. The molecular formula is C52H69IN2O6. The lowest BCUT2D eigenvalue weighted by Crippen LogP contribution is -2.49. The number of carbonyl (C=O) groups is 2. The molecule has 8 nitrogen and oxygen atoms in total. The van der Waals surface area contributed by atoms with Gasteiger partial charge in [-0.15, -0.1) is 0 Å². The summed E-state index contributed by atoms with van der Waals surface area (Å²) in [6.45, 7) is 19.0. The van der Waals surface area contributed by atoms with Gasteiger partial charge < -0.3 is 18.9 Å². The molecule has 0 atom stereocenters. The minimum atomic E-state index is -0.0938. The first-order valence-electron chi connectivity index (χ1n) is 22.7. The fourth-order valence-corrected chi connectivity index (χ4v) is 10.8. The van der Waals surface area contributed by atoms with Crippen molar-refractivity contribution in [3.63, 3.8) is 0 Å². The second-order valence-corrected chi connectivity index (χ2v) is 21.6. The van der Waals surface area contributed by atoms with Crippen LogP contribution in [0.5, 0.6) is 11.5 Å². The normalized spacial score (nSPS) is 23.0. The number of ether oxygens (including phenoxy) is 4. The van der Waals surface area contributed by atoms with E-state index in [2.05, 4.69) is 141 Å². The summed E-state index contributed by atoms with van der Waals surface area (Å²) in [5.74, 6) is 3.49. The van der Waals surface area contributed by atoms with Crippen molar-refractivity contribution in [2.45, 2.75) is 118 Å². The smallest absolute Gasteiger partial charge is 0.311 e. The Morgan fingerprint density at radius 2 is 1.02 bits per heavy atom. The third-order valence-corrected chi connectivity index (χ3v) is 15.2. The lowest BCUT2D eigenvalue weighted by molar-refractivity contribution is -0.152. The molecule has 2 aliphatic carbocycles. The monoisotopic (exact) mass is 944 g/mol. The van der Waals surface area contributed by atoms with Crippen molar-refractivity contribution in [3.05, 3.63) is 81.4 Å². The van der Waals surface area contributed by atoms with E-state index in [1.165, 1.54) is 76.1 Å². The zero-order chi connectivity index (χ0) is 43.5. The molecule has 330 valence electrons. The molecule has 8 rings (SSSR count). The standard InChI is InChI=1S/C26H34INO3.C26H35NO3/c1-26(2,3)20-7-9-21(10-8-20)31-23-12-6-18-13-17(5-11-22(18)24(23)27)14-28-15-19(16-28)25(29)30-4;1-26(2,3)22-8-11-23(12-9-22)30-24-10-7-19-13-18(5-6-20(19)14-24)15-27-16-21(17-27)25(28)29-4/h5-6,11-13,19-21H,7-10,14-16H2,1-4H3;5-7,10,13-14,21-23H,8-9,11-12,15-17H2,1-4H3. The van der Waals surface area contributed by atoms with E-state index in [0.29, 0.717) is 23.0 Å². The summed E-state index contributed by atoms with van der Waals surface area (Å²) in [6, 6.07) is 24.1. The van der Waals surface area contributed by atoms with E-state index in [1.807, 2.05) is 0 Å². The molecule has 4 fully saturated rings. The fourth-order valence-electron chi connectivity index (χ4n) is 9.97. The third kappa shape index (κ3) is 11.6. The third-order valence-electron chi connectivity index (χ3n) is 14.0. The first-order chi connectivity index (χ1) is 29.1. The summed E-state index contributed by atoms with van der Waals surface area (Å²) < 4.78 is 23.7. The molecule has 2 saturated heterocycles. The van der Waals surface area contributed by atoms with Crippen LogP contribution in [0.15, 0.2) is 66.7 Å². The van der Waals surface area contributed by atoms with E-state index in [1.54, 1.807) is 0 Å². The van der Waals surface area contributed by atoms with E-state index in [9.17, 15) is 9.59 Å². The van der Waals surface area contributed by atoms with E-state index in [0.717, 1.165) is 88.3 Å². The number of likely N-dealkylation sites (tertiary alicyclic amines) is 2. The van der Waals surface area contributed by atoms with Gasteiger partial charge in [-0.1, -0.05) is 77.9 Å². The molecule has 4 aromatic carbocycles. The van der Waals surface area contributed by atoms with Crippen molar-refractivity contribution in [1.29, 1.82) is 0 Å². The Hall–Kier alpha value is -3.41. The molecule has 4 aromatic rings. The van der Waals surface area contributed by atoms with Gasteiger partial charge in [0, 0.05) is 39.3 Å². The quantitative estimate of drug-likeness (QED) is 0.115. The molecule has 0 N–H and O–H groups in total. The van der Waals surface area contributed by atoms with Crippen molar-refractivity contribution in [2.75, 3.05) is 40.4 Å². The van der Waals surface area contributed by atoms with Crippen LogP contribution < -0.4 is 9.47 Å². The van der Waals surface area contributed by atoms with Crippen molar-refractivity contribution in [3.8, 4) is 11.5 Å². The van der Waals surface area contributed by atoms with Gasteiger partial charge in [0.1, 0.15) is 11.5 Å². The number of hydrogen-bond donors (Lipinski definition) is 0. The highest BCUT2D eigenvalue weighted by atomic mass is 127. The number of benzene rings is 4. The molecular weight excluding hydrogens is 875 g/mol. The number of carbonyl (C=O) groups excluding carboxylic acids is 2. The number of esters is 2. The molecule has 9 heteroatoms. The Morgan fingerprint density at radius 3 is 1.52 bits per heavy atom. The lowest BCUT2D eigenvalue weighted by Gasteiger charge is -2.37. The van der Waals surface area contributed by atoms with Crippen LogP contribution >= 0.6 is 22.6 Å². The van der Waals surface area contributed by atoms with Crippen LogP contribution in [0.2, 0.25) is 0 Å². The molecule has 0 unspecified atom stereocenters. The van der Waals surface area contributed by atoms with Gasteiger partial charge >= 0.3 is 11.9 Å². The maximum Gasteiger partial charge on any atom is 0.311 e. The van der Waals surface area contributed by atoms with Crippen LogP contribution in [0.25, 0.3) is 21.5 Å². The second-order valence-electron chi connectivity index (χ2n) is 20.5. The average molecular weight is 945 g/mol. The van der Waals surface area contributed by atoms with E-state index in [-0.39, 0.29) is 23.8 Å². The highest BCUT2D eigenvalue weighted by Crippen LogP contribution is 2.41. The first-order valence-corrected chi connectivity index (χ1v) is 23.8. The predicted octanol–water partition coefficient (Wildman–Crippen LogP) is 11.5. The maximum absolute atomic E-state index is 11.6. The number of rotatable bonds is 10. The summed E-state index contributed by atoms with van der Waals surface area (Å²) in [6.07, 6.45) is 10.3. The van der Waals surface area contributed by atoms with Crippen LogP contribution in [0, 0.1) is 38.1 Å². The molecule has 2 aliphatic heterocycles. The minimum Gasteiger partial charge on any atom is -0.490 e. The molecule has 0 bridgehead atoms. The van der Waals surface area contributed by atoms with Crippen LogP contribution in [-0.4, -0.2) is 74.3 Å². The highest BCUT2D eigenvalue weighted by molar-refractivity contribution is 14.1. The zero-order valence-electron chi connectivity index (χ0n) is 37.9. The average Bonchev–Trinajstić information content (AvgIpc) is 3.20. The SMILES string of the molecule is COC(=O)C1CN(Cc2ccc3c(I)c(OC4CCC(C(C)(C)C)CC4)ccc3c2)C1.COC(=O)C1CN(Cc2ccc3cc(OC4CCC(C(C)(C)C)CC4)ccc3c2)C1. The van der Waals surface area contributed by atoms with Gasteiger partial charge in [-0.3, -0.25) is 19.4 Å². The topological polar surface area (TPSA) is 77.5 Å². The van der Waals surface area contributed by atoms with Crippen molar-refractivity contribution < 1.29 is 28.5 Å². The largest absolute Gasteiger partial charge is 0.490 e. The summed E-state index contributed by atoms with van der Waals surface area (Å²) in [5.41, 5.74) is 3.36. The van der Waals surface area contributed by atoms with Gasteiger partial charge in [0.2, 0.25) is 0 Å². The number of fused-ring (bicyclic) bond motifs is 2. The number of methoxy groups -OCH3 is 2. The van der Waals surface area contributed by atoms with Crippen LogP contribution in [0.3, 0.4) is 0 Å². The molecule has 4 aliphatic rings. The minimum absolute atomic E-state index is 0.0320. The van der Waals surface area contributed by atoms with Gasteiger partial charge in [0.25, 0.3) is 0 Å². The van der Waals surface area contributed by atoms with Gasteiger partial charge in [-0.05, 0) is 160 Å². The number of hydrogen-bond acceptors (Lipinski definition) is 8. The summed E-state index contributed by atoms with van der Waals surface area (Å²) in [4.78, 5) is 27.7. The van der Waals surface area contributed by atoms with E-state index < -0.39 is 0 Å². The molecule has 0 amide bonds. The van der Waals surface area contributed by atoms with Crippen LogP contribution in [0.4, 0.5) is 0 Å². The maximum atomic E-state index is 11.6. The van der Waals surface area contributed by atoms with E-state index >= 15 is 0 Å². The van der Waals surface area contributed by atoms with Crippen LogP contribution in [0.1, 0.15) is 104 Å². The second kappa shape index (κ2) is 19.5. The summed E-state index contributed by atoms with van der Waals surface area (Å²) >= 11 is 2.43. The van der Waals surface area contributed by atoms with Gasteiger partial charge in [0.05, 0.1) is 41.8 Å². The van der Waals surface area contributed by atoms with Gasteiger partial charge in [-0.2, -0.15) is 0 Å². The van der Waals surface area contributed by atoms with Gasteiger partial charge in [0.15, 0.2) is 0 Å². The van der Waals surface area contributed by atoms with Crippen molar-refractivity contribution in [2.24, 2.45) is 34.5 Å². The zero-order valence-corrected chi connectivity index (χ0v) is 40.1. The molecule has 0 aromatic heterocycles. The van der Waals surface area contributed by atoms with Crippen molar-refractivity contribution in [1.82, 2.24) is 9.80 Å². The van der Waals surface area contributed by atoms with Gasteiger partial charge in [-0.25, -0.2) is 0 Å². The number of halogens is 1. The molecule has 0 spiro atoms. The predicted molar refractivity (Wildman–Crippen MR) is 254 cm³/mol. The molecule has 2 heterocycles.